The van der Waals surface area contributed by atoms with Crippen molar-refractivity contribution in [3.8, 4) is 0 Å². The molecule has 0 saturated heterocycles. The third-order valence-corrected chi connectivity index (χ3v) is 3.24. The summed E-state index contributed by atoms with van der Waals surface area (Å²) in [6.07, 6.45) is 1.01. The predicted octanol–water partition coefficient (Wildman–Crippen LogP) is 3.70. The van der Waals surface area contributed by atoms with Crippen LogP contribution in [0.5, 0.6) is 0 Å². The molecule has 7 heteroatoms. The van der Waals surface area contributed by atoms with Crippen LogP contribution in [0, 0.1) is 16.0 Å². The van der Waals surface area contributed by atoms with Crippen molar-refractivity contribution in [1.29, 1.82) is 0 Å². The van der Waals surface area contributed by atoms with Crippen LogP contribution in [-0.2, 0) is 6.54 Å². The molecular weight excluding hydrogens is 407 g/mol. The summed E-state index contributed by atoms with van der Waals surface area (Å²) >= 11 is 0. The molecule has 1 rings (SSSR count). The lowest BCUT2D eigenvalue weighted by Gasteiger charge is -2.18. The summed E-state index contributed by atoms with van der Waals surface area (Å²) in [5.41, 5.74) is 1.05. The predicted molar refractivity (Wildman–Crippen MR) is 105 cm³/mol. The number of nitrogens with zero attached hydrogens (tertiary/aromatic N) is 2. The maximum atomic E-state index is 10.6. The Hall–Kier alpha value is -1.38. The molecule has 0 aromatic heterocycles. The second-order valence-corrected chi connectivity index (χ2v) is 5.82. The molecule has 0 aliphatic carbocycles. The Morgan fingerprint density at radius 2 is 1.87 bits per heavy atom. The zero-order chi connectivity index (χ0) is 16.5. The lowest BCUT2D eigenvalue weighted by Crippen LogP contribution is -2.43. The SMILES string of the molecule is CCC(C)NC(=NCc1ccc([N+](=O)[O-])cc1)NCC(C)C.I. The summed E-state index contributed by atoms with van der Waals surface area (Å²) in [5.74, 6) is 1.31. The van der Waals surface area contributed by atoms with Gasteiger partial charge in [0.25, 0.3) is 5.69 Å². The summed E-state index contributed by atoms with van der Waals surface area (Å²) < 4.78 is 0. The van der Waals surface area contributed by atoms with Gasteiger partial charge >= 0.3 is 0 Å². The molecule has 1 atom stereocenters. The van der Waals surface area contributed by atoms with E-state index in [0.29, 0.717) is 18.5 Å². The number of benzene rings is 1. The van der Waals surface area contributed by atoms with Gasteiger partial charge in [0.05, 0.1) is 11.5 Å². The third-order valence-electron chi connectivity index (χ3n) is 3.24. The monoisotopic (exact) mass is 434 g/mol. The lowest BCUT2D eigenvalue weighted by atomic mass is 10.2. The van der Waals surface area contributed by atoms with Crippen molar-refractivity contribution in [2.45, 2.75) is 46.7 Å². The number of non-ortho nitro benzene ring substituents is 1. The highest BCUT2D eigenvalue weighted by molar-refractivity contribution is 14.0. The summed E-state index contributed by atoms with van der Waals surface area (Å²) in [6.45, 7) is 9.85. The normalized spacial score (nSPS) is 12.5. The molecule has 23 heavy (non-hydrogen) atoms. The second kappa shape index (κ2) is 11.2. The Balaban J connectivity index is 0.00000484. The van der Waals surface area contributed by atoms with Crippen LogP contribution in [0.3, 0.4) is 0 Å². The Bertz CT molecular complexity index is 503. The fraction of sp³-hybridized carbons (Fsp3) is 0.562. The zero-order valence-corrected chi connectivity index (χ0v) is 16.5. The Kier molecular flexibility index (Phi) is 10.5. The van der Waals surface area contributed by atoms with Gasteiger partial charge in [0.15, 0.2) is 5.96 Å². The maximum Gasteiger partial charge on any atom is 0.269 e. The van der Waals surface area contributed by atoms with Crippen LogP contribution < -0.4 is 10.6 Å². The fourth-order valence-electron chi connectivity index (χ4n) is 1.68. The number of hydrogen-bond donors (Lipinski definition) is 2. The van der Waals surface area contributed by atoms with Crippen molar-refractivity contribution in [3.05, 3.63) is 39.9 Å². The van der Waals surface area contributed by atoms with Gasteiger partial charge in [-0.25, -0.2) is 4.99 Å². The average Bonchev–Trinajstić information content (AvgIpc) is 2.49. The Morgan fingerprint density at radius 3 is 2.35 bits per heavy atom. The molecule has 0 spiro atoms. The van der Waals surface area contributed by atoms with Crippen molar-refractivity contribution < 1.29 is 4.92 Å². The number of nitro groups is 1. The van der Waals surface area contributed by atoms with Crippen LogP contribution in [0.25, 0.3) is 0 Å². The van der Waals surface area contributed by atoms with Crippen LogP contribution in [0.15, 0.2) is 29.3 Å². The van der Waals surface area contributed by atoms with E-state index in [0.717, 1.165) is 24.5 Å². The molecule has 0 saturated carbocycles. The Morgan fingerprint density at radius 1 is 1.26 bits per heavy atom. The first-order valence-electron chi connectivity index (χ1n) is 7.70. The number of aliphatic imine (C=N–C) groups is 1. The van der Waals surface area contributed by atoms with E-state index in [4.69, 9.17) is 0 Å². The van der Waals surface area contributed by atoms with Crippen molar-refractivity contribution in [2.24, 2.45) is 10.9 Å². The van der Waals surface area contributed by atoms with Gasteiger partial charge in [-0.3, -0.25) is 10.1 Å². The summed E-state index contributed by atoms with van der Waals surface area (Å²) in [6, 6.07) is 6.84. The zero-order valence-electron chi connectivity index (χ0n) is 14.2. The molecule has 2 N–H and O–H groups in total. The van der Waals surface area contributed by atoms with Gasteiger partial charge in [-0.1, -0.05) is 32.9 Å². The van der Waals surface area contributed by atoms with E-state index in [1.165, 1.54) is 12.1 Å². The van der Waals surface area contributed by atoms with Crippen molar-refractivity contribution in [1.82, 2.24) is 10.6 Å². The fourth-order valence-corrected chi connectivity index (χ4v) is 1.68. The highest BCUT2D eigenvalue weighted by Crippen LogP contribution is 2.12. The van der Waals surface area contributed by atoms with Gasteiger partial charge in [0, 0.05) is 24.7 Å². The molecule has 1 aromatic rings. The number of nitrogens with one attached hydrogen (secondary N) is 2. The minimum atomic E-state index is -0.396. The van der Waals surface area contributed by atoms with E-state index < -0.39 is 4.92 Å². The van der Waals surface area contributed by atoms with Crippen LogP contribution in [0.2, 0.25) is 0 Å². The van der Waals surface area contributed by atoms with E-state index in [1.54, 1.807) is 12.1 Å². The number of halogens is 1. The molecule has 0 fully saturated rings. The molecule has 6 nitrogen and oxygen atoms in total. The molecular formula is C16H27IN4O2. The van der Waals surface area contributed by atoms with Crippen LogP contribution >= 0.6 is 24.0 Å². The molecule has 0 amide bonds. The Labute approximate surface area is 155 Å². The van der Waals surface area contributed by atoms with E-state index in [-0.39, 0.29) is 29.7 Å². The maximum absolute atomic E-state index is 10.6. The topological polar surface area (TPSA) is 79.6 Å². The first-order valence-corrected chi connectivity index (χ1v) is 7.70. The second-order valence-electron chi connectivity index (χ2n) is 5.82. The van der Waals surface area contributed by atoms with E-state index in [1.807, 2.05) is 0 Å². The van der Waals surface area contributed by atoms with Gasteiger partial charge in [0.2, 0.25) is 0 Å². The van der Waals surface area contributed by atoms with Crippen molar-refractivity contribution in [3.63, 3.8) is 0 Å². The van der Waals surface area contributed by atoms with Gasteiger partial charge in [-0.2, -0.15) is 0 Å². The van der Waals surface area contributed by atoms with Crippen LogP contribution in [-0.4, -0.2) is 23.5 Å². The minimum Gasteiger partial charge on any atom is -0.356 e. The van der Waals surface area contributed by atoms with Gasteiger partial charge in [-0.15, -0.1) is 24.0 Å². The van der Waals surface area contributed by atoms with E-state index in [9.17, 15) is 10.1 Å². The molecule has 0 aliphatic heterocycles. The number of rotatable bonds is 7. The molecule has 0 heterocycles. The molecule has 0 radical (unpaired) electrons. The number of nitro benzene ring substituents is 1. The van der Waals surface area contributed by atoms with Gasteiger partial charge < -0.3 is 10.6 Å². The smallest absolute Gasteiger partial charge is 0.269 e. The molecule has 1 aromatic carbocycles. The first-order chi connectivity index (χ1) is 10.4. The standard InChI is InChI=1S/C16H26N4O2.HI/c1-5-13(4)19-16(17-10-12(2)3)18-11-14-6-8-15(9-7-14)20(21)22;/h6-9,12-13H,5,10-11H2,1-4H3,(H2,17,18,19);1H. The first kappa shape index (κ1) is 21.6. The van der Waals surface area contributed by atoms with Crippen molar-refractivity contribution >= 4 is 35.6 Å². The molecule has 1 unspecified atom stereocenters. The summed E-state index contributed by atoms with van der Waals surface area (Å²) in [7, 11) is 0. The highest BCUT2D eigenvalue weighted by atomic mass is 127. The lowest BCUT2D eigenvalue weighted by molar-refractivity contribution is -0.384. The van der Waals surface area contributed by atoms with Gasteiger partial charge in [0.1, 0.15) is 0 Å². The molecule has 0 aliphatic rings. The number of guanidine groups is 1. The molecule has 130 valence electrons. The van der Waals surface area contributed by atoms with Crippen LogP contribution in [0.1, 0.15) is 39.7 Å². The highest BCUT2D eigenvalue weighted by Gasteiger charge is 2.06. The van der Waals surface area contributed by atoms with Crippen molar-refractivity contribution in [2.75, 3.05) is 6.54 Å². The van der Waals surface area contributed by atoms with Crippen LogP contribution in [0.4, 0.5) is 5.69 Å². The molecule has 0 bridgehead atoms. The quantitative estimate of drug-likeness (QED) is 0.226. The summed E-state index contributed by atoms with van der Waals surface area (Å²) in [4.78, 5) is 14.8. The van der Waals surface area contributed by atoms with E-state index >= 15 is 0 Å². The third kappa shape index (κ3) is 8.73. The number of hydrogen-bond acceptors (Lipinski definition) is 3. The largest absolute Gasteiger partial charge is 0.356 e. The summed E-state index contributed by atoms with van der Waals surface area (Å²) in [5, 5.41) is 17.3. The minimum absolute atomic E-state index is 0. The average molecular weight is 434 g/mol. The van der Waals surface area contributed by atoms with Gasteiger partial charge in [-0.05, 0) is 24.8 Å². The van der Waals surface area contributed by atoms with E-state index in [2.05, 4.69) is 43.3 Å².